The van der Waals surface area contributed by atoms with E-state index in [-0.39, 0.29) is 0 Å². The molecule has 0 aliphatic heterocycles. The fourth-order valence-electron chi connectivity index (χ4n) is 2.20. The van der Waals surface area contributed by atoms with Crippen molar-refractivity contribution in [2.75, 3.05) is 0 Å². The van der Waals surface area contributed by atoms with Crippen LogP contribution in [0.25, 0.3) is 22.5 Å². The smallest absolute Gasteiger partial charge is 0.112 e. The number of aryl methyl sites for hydroxylation is 1. The van der Waals surface area contributed by atoms with E-state index in [0.29, 0.717) is 5.02 Å². The van der Waals surface area contributed by atoms with E-state index in [2.05, 4.69) is 39.8 Å². The predicted molar refractivity (Wildman–Crippen MR) is 91.8 cm³/mol. The normalized spacial score (nSPS) is 10.8. The van der Waals surface area contributed by atoms with E-state index in [1.54, 1.807) is 0 Å². The third kappa shape index (κ3) is 2.47. The molecule has 0 atom stereocenters. The van der Waals surface area contributed by atoms with Crippen LogP contribution in [-0.4, -0.2) is 9.78 Å². The first kappa shape index (κ1) is 13.6. The third-order valence-electron chi connectivity index (χ3n) is 3.15. The summed E-state index contributed by atoms with van der Waals surface area (Å²) in [6.45, 7) is 0. The monoisotopic (exact) mass is 394 g/mol. The molecule has 0 spiro atoms. The van der Waals surface area contributed by atoms with Gasteiger partial charge >= 0.3 is 0 Å². The van der Waals surface area contributed by atoms with Gasteiger partial charge < -0.3 is 0 Å². The van der Waals surface area contributed by atoms with Crippen molar-refractivity contribution >= 4 is 34.2 Å². The largest absolute Gasteiger partial charge is 0.266 e. The second kappa shape index (κ2) is 5.58. The molecule has 4 heteroatoms. The maximum Gasteiger partial charge on any atom is 0.112 e. The summed E-state index contributed by atoms with van der Waals surface area (Å²) in [6.07, 6.45) is 0. The van der Waals surface area contributed by atoms with Gasteiger partial charge in [0.25, 0.3) is 0 Å². The summed E-state index contributed by atoms with van der Waals surface area (Å²) in [5.74, 6) is 0. The molecule has 3 aromatic rings. The molecule has 0 fully saturated rings. The Labute approximate surface area is 136 Å². The molecule has 0 saturated heterocycles. The van der Waals surface area contributed by atoms with Crippen LogP contribution in [0.5, 0.6) is 0 Å². The number of halogens is 2. The molecule has 0 unspecified atom stereocenters. The van der Waals surface area contributed by atoms with Gasteiger partial charge in [0, 0.05) is 21.7 Å². The zero-order valence-electron chi connectivity index (χ0n) is 10.8. The van der Waals surface area contributed by atoms with E-state index in [1.807, 2.05) is 54.2 Å². The topological polar surface area (TPSA) is 17.8 Å². The van der Waals surface area contributed by atoms with E-state index in [1.165, 1.54) is 3.57 Å². The molecule has 0 saturated carbocycles. The molecule has 20 heavy (non-hydrogen) atoms. The van der Waals surface area contributed by atoms with Gasteiger partial charge in [-0.3, -0.25) is 4.68 Å². The second-order valence-electron chi connectivity index (χ2n) is 4.51. The van der Waals surface area contributed by atoms with Crippen molar-refractivity contribution in [1.29, 1.82) is 0 Å². The maximum absolute atomic E-state index is 6.55. The van der Waals surface area contributed by atoms with Crippen molar-refractivity contribution in [2.24, 2.45) is 7.05 Å². The summed E-state index contributed by atoms with van der Waals surface area (Å²) in [4.78, 5) is 0. The number of aromatic nitrogens is 2. The minimum Gasteiger partial charge on any atom is -0.266 e. The number of rotatable bonds is 2. The zero-order chi connectivity index (χ0) is 14.1. The summed E-state index contributed by atoms with van der Waals surface area (Å²) in [6, 6.07) is 18.3. The highest BCUT2D eigenvalue weighted by Crippen LogP contribution is 2.35. The first-order chi connectivity index (χ1) is 9.66. The summed E-state index contributed by atoms with van der Waals surface area (Å²) >= 11 is 8.84. The van der Waals surface area contributed by atoms with E-state index < -0.39 is 0 Å². The van der Waals surface area contributed by atoms with Crippen LogP contribution in [0.2, 0.25) is 5.02 Å². The van der Waals surface area contributed by atoms with Gasteiger partial charge in [-0.2, -0.15) is 5.10 Å². The minimum atomic E-state index is 0.694. The molecule has 0 N–H and O–H groups in total. The van der Waals surface area contributed by atoms with Crippen LogP contribution in [0.15, 0.2) is 54.6 Å². The Hall–Kier alpha value is -1.33. The Morgan fingerprint density at radius 3 is 2.25 bits per heavy atom. The van der Waals surface area contributed by atoms with Crippen molar-refractivity contribution in [3.63, 3.8) is 0 Å². The minimum absolute atomic E-state index is 0.694. The first-order valence-electron chi connectivity index (χ1n) is 6.20. The maximum atomic E-state index is 6.55. The number of nitrogens with zero attached hydrogens (tertiary/aromatic N) is 2. The van der Waals surface area contributed by atoms with Gasteiger partial charge in [0.2, 0.25) is 0 Å². The van der Waals surface area contributed by atoms with Crippen LogP contribution in [-0.2, 0) is 7.05 Å². The lowest BCUT2D eigenvalue weighted by Crippen LogP contribution is -1.93. The summed E-state index contributed by atoms with van der Waals surface area (Å²) in [7, 11) is 1.92. The van der Waals surface area contributed by atoms with E-state index in [4.69, 9.17) is 11.6 Å². The highest BCUT2D eigenvalue weighted by Gasteiger charge is 2.16. The zero-order valence-corrected chi connectivity index (χ0v) is 13.8. The van der Waals surface area contributed by atoms with Crippen LogP contribution < -0.4 is 0 Å². The fourth-order valence-corrected chi connectivity index (χ4v) is 2.94. The molecule has 0 bridgehead atoms. The molecule has 0 aliphatic rings. The van der Waals surface area contributed by atoms with Crippen LogP contribution in [0.1, 0.15) is 0 Å². The van der Waals surface area contributed by atoms with Crippen LogP contribution in [0, 0.1) is 3.57 Å². The molecule has 0 aliphatic carbocycles. The van der Waals surface area contributed by atoms with Crippen molar-refractivity contribution in [2.45, 2.75) is 0 Å². The van der Waals surface area contributed by atoms with E-state index in [9.17, 15) is 0 Å². The van der Waals surface area contributed by atoms with E-state index in [0.717, 1.165) is 22.5 Å². The lowest BCUT2D eigenvalue weighted by atomic mass is 10.1. The predicted octanol–water partition coefficient (Wildman–Crippen LogP) is 5.01. The van der Waals surface area contributed by atoms with Crippen LogP contribution >= 0.6 is 34.2 Å². The number of benzene rings is 2. The van der Waals surface area contributed by atoms with Gasteiger partial charge in [0.05, 0.1) is 10.7 Å². The lowest BCUT2D eigenvalue weighted by molar-refractivity contribution is 0.779. The van der Waals surface area contributed by atoms with Crippen LogP contribution in [0.3, 0.4) is 0 Å². The molecule has 0 amide bonds. The molecular formula is C16H12ClIN2. The molecular weight excluding hydrogens is 383 g/mol. The summed E-state index contributed by atoms with van der Waals surface area (Å²) in [5.41, 5.74) is 3.88. The Morgan fingerprint density at radius 2 is 1.60 bits per heavy atom. The molecule has 2 nitrogen and oxygen atoms in total. The molecule has 3 rings (SSSR count). The van der Waals surface area contributed by atoms with Crippen molar-refractivity contribution in [3.8, 4) is 22.5 Å². The number of hydrogen-bond donors (Lipinski definition) is 0. The molecule has 1 aromatic heterocycles. The van der Waals surface area contributed by atoms with Gasteiger partial charge in [-0.25, -0.2) is 0 Å². The molecule has 100 valence electrons. The van der Waals surface area contributed by atoms with Crippen molar-refractivity contribution in [1.82, 2.24) is 9.78 Å². The summed E-state index contributed by atoms with van der Waals surface area (Å²) < 4.78 is 3.03. The second-order valence-corrected chi connectivity index (χ2v) is 6.13. The van der Waals surface area contributed by atoms with Crippen LogP contribution in [0.4, 0.5) is 0 Å². The van der Waals surface area contributed by atoms with Gasteiger partial charge in [0.15, 0.2) is 0 Å². The van der Waals surface area contributed by atoms with Gasteiger partial charge in [-0.15, -0.1) is 0 Å². The standard InChI is InChI=1S/C16H12ClIN2/c1-20-16(12-5-3-2-4-6-12)14(17)15(19-20)11-7-9-13(18)10-8-11/h2-10H,1H3. The molecule has 1 heterocycles. The van der Waals surface area contributed by atoms with E-state index >= 15 is 0 Å². The number of hydrogen-bond acceptors (Lipinski definition) is 1. The highest BCUT2D eigenvalue weighted by atomic mass is 127. The Kier molecular flexibility index (Phi) is 3.81. The third-order valence-corrected chi connectivity index (χ3v) is 4.23. The van der Waals surface area contributed by atoms with Gasteiger partial charge in [-0.05, 0) is 34.7 Å². The first-order valence-corrected chi connectivity index (χ1v) is 7.66. The molecule has 0 radical (unpaired) electrons. The average molecular weight is 395 g/mol. The van der Waals surface area contributed by atoms with Crippen molar-refractivity contribution < 1.29 is 0 Å². The average Bonchev–Trinajstić information content (AvgIpc) is 2.76. The Bertz CT molecular complexity index is 733. The SMILES string of the molecule is Cn1nc(-c2ccc(I)cc2)c(Cl)c1-c1ccccc1. The molecule has 2 aromatic carbocycles. The summed E-state index contributed by atoms with van der Waals surface area (Å²) in [5, 5.41) is 5.26. The fraction of sp³-hybridized carbons (Fsp3) is 0.0625. The van der Waals surface area contributed by atoms with Gasteiger partial charge in [0.1, 0.15) is 5.69 Å². The lowest BCUT2D eigenvalue weighted by Gasteiger charge is -2.02. The Balaban J connectivity index is 2.14. The Morgan fingerprint density at radius 1 is 0.950 bits per heavy atom. The quantitative estimate of drug-likeness (QED) is 0.559. The van der Waals surface area contributed by atoms with Crippen molar-refractivity contribution in [3.05, 3.63) is 63.2 Å². The highest BCUT2D eigenvalue weighted by molar-refractivity contribution is 14.1. The van der Waals surface area contributed by atoms with Gasteiger partial charge in [-0.1, -0.05) is 54.1 Å².